The van der Waals surface area contributed by atoms with Crippen LogP contribution in [0.5, 0.6) is 0 Å². The smallest absolute Gasteiger partial charge is 0.310 e. The first-order valence-electron chi connectivity index (χ1n) is 4.02. The van der Waals surface area contributed by atoms with Crippen molar-refractivity contribution in [2.45, 2.75) is 6.92 Å². The summed E-state index contributed by atoms with van der Waals surface area (Å²) >= 11 is 0. The normalized spacial score (nSPS) is 8.33. The molecule has 0 spiro atoms. The zero-order valence-electron chi connectivity index (χ0n) is 8.12. The van der Waals surface area contributed by atoms with Gasteiger partial charge in [0.1, 0.15) is 11.9 Å². The Morgan fingerprint density at radius 1 is 1.73 bits per heavy atom. The van der Waals surface area contributed by atoms with Crippen molar-refractivity contribution in [3.8, 4) is 0 Å². The molecule has 0 aromatic carbocycles. The van der Waals surface area contributed by atoms with Crippen LogP contribution in [-0.4, -0.2) is 23.0 Å². The molecule has 0 aliphatic carbocycles. The van der Waals surface area contributed by atoms with Gasteiger partial charge in [-0.3, -0.25) is 19.9 Å². The fourth-order valence-corrected chi connectivity index (χ4v) is 0.617. The molecule has 0 unspecified atom stereocenters. The Morgan fingerprint density at radius 2 is 2.40 bits per heavy atom. The summed E-state index contributed by atoms with van der Waals surface area (Å²) in [5.74, 6) is 0. The molecule has 0 aliphatic heterocycles. The predicted molar refractivity (Wildman–Crippen MR) is 53.0 cm³/mol. The first kappa shape index (κ1) is 12.8. The van der Waals surface area contributed by atoms with Crippen molar-refractivity contribution in [3.05, 3.63) is 28.6 Å². The molecule has 1 rings (SSSR count). The van der Waals surface area contributed by atoms with Crippen LogP contribution in [0.4, 0.5) is 11.4 Å². The number of hydrogen-bond acceptors (Lipinski definition) is 6. The Hall–Kier alpha value is -2.18. The number of ether oxygens (including phenoxy) is 1. The summed E-state index contributed by atoms with van der Waals surface area (Å²) in [5, 5.41) is 10.1. The number of hydrogen-bond donors (Lipinski definition) is 1. The van der Waals surface area contributed by atoms with Gasteiger partial charge < -0.3 is 10.5 Å². The highest BCUT2D eigenvalue weighted by molar-refractivity contribution is 5.55. The van der Waals surface area contributed by atoms with E-state index >= 15 is 0 Å². The molecule has 0 aliphatic rings. The summed E-state index contributed by atoms with van der Waals surface area (Å²) in [6.07, 6.45) is 2.53. The van der Waals surface area contributed by atoms with E-state index in [9.17, 15) is 14.9 Å². The number of pyridine rings is 1. The first-order valence-corrected chi connectivity index (χ1v) is 4.02. The molecule has 0 radical (unpaired) electrons. The van der Waals surface area contributed by atoms with Crippen molar-refractivity contribution < 1.29 is 14.5 Å². The lowest BCUT2D eigenvalue weighted by atomic mass is 10.4. The van der Waals surface area contributed by atoms with Gasteiger partial charge in [0.25, 0.3) is 6.47 Å². The SMILES string of the molecule is CCOC=O.Nc1ccncc1[N+](=O)[O-]. The van der Waals surface area contributed by atoms with E-state index in [2.05, 4.69) is 9.72 Å². The Labute approximate surface area is 86.0 Å². The molecule has 1 heterocycles. The van der Waals surface area contributed by atoms with Crippen molar-refractivity contribution in [3.63, 3.8) is 0 Å². The summed E-state index contributed by atoms with van der Waals surface area (Å²) in [4.78, 5) is 22.3. The van der Waals surface area contributed by atoms with Gasteiger partial charge >= 0.3 is 5.69 Å². The minimum absolute atomic E-state index is 0.139. The van der Waals surface area contributed by atoms with Crippen molar-refractivity contribution >= 4 is 17.8 Å². The van der Waals surface area contributed by atoms with Gasteiger partial charge in [0.05, 0.1) is 11.5 Å². The van der Waals surface area contributed by atoms with Gasteiger partial charge in [0.2, 0.25) is 0 Å². The van der Waals surface area contributed by atoms with Gasteiger partial charge in [-0.15, -0.1) is 0 Å². The number of nitro groups is 1. The summed E-state index contributed by atoms with van der Waals surface area (Å²) in [7, 11) is 0. The second-order valence-corrected chi connectivity index (χ2v) is 2.24. The molecule has 0 atom stereocenters. The van der Waals surface area contributed by atoms with Crippen molar-refractivity contribution in [2.75, 3.05) is 12.3 Å². The quantitative estimate of drug-likeness (QED) is 0.451. The summed E-state index contributed by atoms with van der Waals surface area (Å²) in [5.41, 5.74) is 5.23. The molecule has 7 nitrogen and oxygen atoms in total. The second-order valence-electron chi connectivity index (χ2n) is 2.24. The number of carbonyl (C=O) groups is 1. The number of nitrogens with zero attached hydrogens (tertiary/aromatic N) is 2. The molecule has 0 saturated heterocycles. The van der Waals surface area contributed by atoms with Crippen LogP contribution < -0.4 is 5.73 Å². The molecule has 1 aromatic rings. The lowest BCUT2D eigenvalue weighted by molar-refractivity contribution is -0.384. The average molecular weight is 213 g/mol. The first-order chi connectivity index (χ1) is 7.13. The molecule has 15 heavy (non-hydrogen) atoms. The molecule has 82 valence electrons. The summed E-state index contributed by atoms with van der Waals surface area (Å²) in [6.45, 7) is 2.66. The summed E-state index contributed by atoms with van der Waals surface area (Å²) in [6, 6.07) is 1.39. The largest absolute Gasteiger partial charge is 0.468 e. The highest BCUT2D eigenvalue weighted by atomic mass is 16.6. The van der Waals surface area contributed by atoms with Crippen molar-refractivity contribution in [1.82, 2.24) is 4.98 Å². The predicted octanol–water partition coefficient (Wildman–Crippen LogP) is 0.751. The minimum atomic E-state index is -0.567. The molecule has 2 N–H and O–H groups in total. The minimum Gasteiger partial charge on any atom is -0.468 e. The van der Waals surface area contributed by atoms with Gasteiger partial charge in [-0.1, -0.05) is 0 Å². The lowest BCUT2D eigenvalue weighted by Crippen LogP contribution is -1.95. The molecule has 0 amide bonds. The third kappa shape index (κ3) is 5.19. The van der Waals surface area contributed by atoms with Crippen LogP contribution in [0.3, 0.4) is 0 Å². The topological polar surface area (TPSA) is 108 Å². The Kier molecular flexibility index (Phi) is 6.19. The molecule has 0 bridgehead atoms. The Morgan fingerprint density at radius 3 is 2.67 bits per heavy atom. The van der Waals surface area contributed by atoms with E-state index in [1.54, 1.807) is 6.92 Å². The number of nitrogen functional groups attached to an aromatic ring is 1. The van der Waals surface area contributed by atoms with Crippen molar-refractivity contribution in [1.29, 1.82) is 0 Å². The highest BCUT2D eigenvalue weighted by Crippen LogP contribution is 2.16. The molecular weight excluding hydrogens is 202 g/mol. The third-order valence-corrected chi connectivity index (χ3v) is 1.26. The zero-order valence-corrected chi connectivity index (χ0v) is 8.12. The maximum absolute atomic E-state index is 10.1. The van der Waals surface area contributed by atoms with E-state index in [1.807, 2.05) is 0 Å². The average Bonchev–Trinajstić information content (AvgIpc) is 2.20. The van der Waals surface area contributed by atoms with E-state index in [-0.39, 0.29) is 11.4 Å². The monoisotopic (exact) mass is 213 g/mol. The van der Waals surface area contributed by atoms with Gasteiger partial charge in [0.15, 0.2) is 0 Å². The van der Waals surface area contributed by atoms with E-state index in [1.165, 1.54) is 12.3 Å². The van der Waals surface area contributed by atoms with Crippen LogP contribution in [0.2, 0.25) is 0 Å². The molecule has 0 saturated carbocycles. The number of anilines is 1. The number of aromatic nitrogens is 1. The number of rotatable bonds is 3. The van der Waals surface area contributed by atoms with Crippen molar-refractivity contribution in [2.24, 2.45) is 0 Å². The number of carbonyl (C=O) groups excluding carboxylic acids is 1. The second kappa shape index (κ2) is 7.25. The van der Waals surface area contributed by atoms with Gasteiger partial charge in [-0.05, 0) is 13.0 Å². The Bertz CT molecular complexity index is 329. The van der Waals surface area contributed by atoms with Crippen LogP contribution in [0.25, 0.3) is 0 Å². The van der Waals surface area contributed by atoms with Gasteiger partial charge in [0, 0.05) is 6.20 Å². The van der Waals surface area contributed by atoms with Crippen LogP contribution in [0.15, 0.2) is 18.5 Å². The summed E-state index contributed by atoms with van der Waals surface area (Å²) < 4.78 is 4.15. The van der Waals surface area contributed by atoms with E-state index in [0.29, 0.717) is 13.1 Å². The van der Waals surface area contributed by atoms with Crippen LogP contribution >= 0.6 is 0 Å². The maximum atomic E-state index is 10.1. The van der Waals surface area contributed by atoms with Crippen LogP contribution in [0.1, 0.15) is 6.92 Å². The molecule has 1 aromatic heterocycles. The van der Waals surface area contributed by atoms with Crippen LogP contribution in [-0.2, 0) is 9.53 Å². The van der Waals surface area contributed by atoms with E-state index in [4.69, 9.17) is 5.73 Å². The number of nitrogens with two attached hydrogens (primary N) is 1. The third-order valence-electron chi connectivity index (χ3n) is 1.26. The van der Waals surface area contributed by atoms with E-state index < -0.39 is 4.92 Å². The van der Waals surface area contributed by atoms with Gasteiger partial charge in [-0.25, -0.2) is 0 Å². The standard InChI is InChI=1S/C5H5N3O2.C3H6O2/c6-4-1-2-7-3-5(4)8(9)10;1-2-5-3-4/h1-3H,(H2,6,7);3H,2H2,1H3. The maximum Gasteiger partial charge on any atom is 0.310 e. The zero-order chi connectivity index (χ0) is 11.7. The lowest BCUT2D eigenvalue weighted by Gasteiger charge is -1.92. The fraction of sp³-hybridized carbons (Fsp3) is 0.250. The van der Waals surface area contributed by atoms with Gasteiger partial charge in [-0.2, -0.15) is 0 Å². The van der Waals surface area contributed by atoms with E-state index in [0.717, 1.165) is 6.20 Å². The van der Waals surface area contributed by atoms with Crippen LogP contribution in [0, 0.1) is 10.1 Å². The molecular formula is C8H11N3O4. The highest BCUT2D eigenvalue weighted by Gasteiger charge is 2.08. The fourth-order valence-electron chi connectivity index (χ4n) is 0.617. The molecule has 0 fully saturated rings. The molecule has 7 heteroatoms. The Balaban J connectivity index is 0.000000336.